The van der Waals surface area contributed by atoms with Gasteiger partial charge in [-0.25, -0.2) is 9.38 Å². The Balaban J connectivity index is 1.53. The van der Waals surface area contributed by atoms with Crippen LogP contribution < -0.4 is 9.47 Å². The molecule has 260 valence electrons. The minimum Gasteiger partial charge on any atom is -0.497 e. The predicted octanol–water partition coefficient (Wildman–Crippen LogP) is 9.68. The van der Waals surface area contributed by atoms with Crippen LogP contribution in [0.3, 0.4) is 0 Å². The first kappa shape index (κ1) is 35.5. The molecule has 0 aliphatic carbocycles. The number of nitrogens with zero attached hydrogens (tertiary/aromatic N) is 2. The molecule has 5 nitrogen and oxygen atoms in total. The van der Waals surface area contributed by atoms with E-state index in [1.807, 2.05) is 54.6 Å². The number of aliphatic imine (C=N–C) groups is 1. The molecule has 1 aliphatic rings. The average molecular weight is 713 g/mol. The van der Waals surface area contributed by atoms with Crippen LogP contribution in [-0.4, -0.2) is 37.4 Å². The molecule has 0 unspecified atom stereocenters. The number of aromatic nitrogens is 1. The second-order valence-corrected chi connectivity index (χ2v) is 12.8. The number of rotatable bonds is 8. The molecule has 2 heterocycles. The van der Waals surface area contributed by atoms with Crippen molar-refractivity contribution in [1.82, 2.24) is 4.98 Å². The van der Waals surface area contributed by atoms with Gasteiger partial charge in [0.2, 0.25) is 0 Å². The van der Waals surface area contributed by atoms with E-state index in [-0.39, 0.29) is 17.9 Å². The molecule has 4 aromatic carbocycles. The first-order valence-corrected chi connectivity index (χ1v) is 16.4. The van der Waals surface area contributed by atoms with Crippen molar-refractivity contribution in [2.24, 2.45) is 4.99 Å². The third kappa shape index (κ3) is 7.57. The molecule has 0 N–H and O–H groups in total. The Labute approximate surface area is 298 Å². The summed E-state index contributed by atoms with van der Waals surface area (Å²) in [5, 5.41) is 0.396. The van der Waals surface area contributed by atoms with Crippen molar-refractivity contribution in [3.05, 3.63) is 160 Å². The van der Waals surface area contributed by atoms with Crippen LogP contribution in [0.4, 0.5) is 17.6 Å². The Hall–Kier alpha value is -5.33. The summed E-state index contributed by atoms with van der Waals surface area (Å²) in [5.74, 6) is 6.21. The molecular formula is C41H33ClF4N2O3. The van der Waals surface area contributed by atoms with Gasteiger partial charge in [-0.05, 0) is 72.1 Å². The molecule has 10 heteroatoms. The average Bonchev–Trinajstić information content (AvgIpc) is 3.13. The van der Waals surface area contributed by atoms with Gasteiger partial charge in [0.15, 0.2) is 12.0 Å². The molecule has 0 amide bonds. The van der Waals surface area contributed by atoms with E-state index in [1.54, 1.807) is 44.6 Å². The van der Waals surface area contributed by atoms with Gasteiger partial charge in [-0.3, -0.25) is 4.98 Å². The maximum absolute atomic E-state index is 15.8. The van der Waals surface area contributed by atoms with E-state index in [9.17, 15) is 13.2 Å². The highest BCUT2D eigenvalue weighted by Crippen LogP contribution is 2.47. The highest BCUT2D eigenvalue weighted by Gasteiger charge is 2.51. The Morgan fingerprint density at radius 2 is 1.39 bits per heavy atom. The molecule has 5 aromatic rings. The number of hydrogen-bond donors (Lipinski definition) is 0. The van der Waals surface area contributed by atoms with Gasteiger partial charge in [0.05, 0.1) is 30.2 Å². The molecule has 0 saturated carbocycles. The van der Waals surface area contributed by atoms with E-state index >= 15 is 4.39 Å². The van der Waals surface area contributed by atoms with Gasteiger partial charge in [-0.2, -0.15) is 13.2 Å². The molecule has 0 fully saturated rings. The maximum atomic E-state index is 15.8. The molecule has 1 aromatic heterocycles. The standard InChI is InChI=1S/C41H33ClF4N2O3/c1-39(35-22-27(11-20-36(35)43)9-10-28-21-32(42)26-47-25-28)23-37(41(44,45)46)51-38(48-39)24-40(29-7-5-4-6-8-29,30-12-16-33(49-2)17-13-30)31-14-18-34(50-3)19-15-31/h4-8,11-22,25-26,37H,23-24H2,1-3H3/t37-,39-/m0/s1. The zero-order valence-electron chi connectivity index (χ0n) is 28.0. The second kappa shape index (κ2) is 14.5. The zero-order chi connectivity index (χ0) is 36.2. The van der Waals surface area contributed by atoms with Crippen molar-refractivity contribution in [2.45, 2.75) is 43.0 Å². The molecule has 0 radical (unpaired) electrons. The fourth-order valence-corrected chi connectivity index (χ4v) is 6.67. The third-order valence-corrected chi connectivity index (χ3v) is 9.26. The largest absolute Gasteiger partial charge is 0.497 e. The minimum absolute atomic E-state index is 0.0345. The second-order valence-electron chi connectivity index (χ2n) is 12.4. The van der Waals surface area contributed by atoms with E-state index in [1.165, 1.54) is 37.5 Å². The molecule has 0 saturated heterocycles. The fraction of sp³-hybridized carbons (Fsp3) is 0.220. The monoisotopic (exact) mass is 712 g/mol. The summed E-state index contributed by atoms with van der Waals surface area (Å²) >= 11 is 6.04. The van der Waals surface area contributed by atoms with Gasteiger partial charge in [0.25, 0.3) is 0 Å². The lowest BCUT2D eigenvalue weighted by molar-refractivity contribution is -0.208. The van der Waals surface area contributed by atoms with Gasteiger partial charge in [0, 0.05) is 41.9 Å². The van der Waals surface area contributed by atoms with Gasteiger partial charge < -0.3 is 14.2 Å². The highest BCUT2D eigenvalue weighted by molar-refractivity contribution is 6.30. The number of hydrogen-bond acceptors (Lipinski definition) is 5. The lowest BCUT2D eigenvalue weighted by Gasteiger charge is -2.41. The lowest BCUT2D eigenvalue weighted by atomic mass is 9.67. The number of ether oxygens (including phenoxy) is 3. The Morgan fingerprint density at radius 1 is 0.804 bits per heavy atom. The van der Waals surface area contributed by atoms with Crippen molar-refractivity contribution in [3.63, 3.8) is 0 Å². The van der Waals surface area contributed by atoms with Crippen molar-refractivity contribution < 1.29 is 31.8 Å². The predicted molar refractivity (Wildman–Crippen MR) is 189 cm³/mol. The summed E-state index contributed by atoms with van der Waals surface area (Å²) in [6.07, 6.45) is -4.81. The van der Waals surface area contributed by atoms with Crippen LogP contribution in [0.1, 0.15) is 53.1 Å². The number of benzene rings is 4. The van der Waals surface area contributed by atoms with Crippen LogP contribution in [0, 0.1) is 17.7 Å². The fourth-order valence-electron chi connectivity index (χ4n) is 6.50. The van der Waals surface area contributed by atoms with E-state index in [0.717, 1.165) is 16.7 Å². The molecule has 0 bridgehead atoms. The molecule has 51 heavy (non-hydrogen) atoms. The van der Waals surface area contributed by atoms with Crippen LogP contribution in [-0.2, 0) is 15.7 Å². The molecule has 1 aliphatic heterocycles. The van der Waals surface area contributed by atoms with E-state index < -0.39 is 35.5 Å². The quantitative estimate of drug-likeness (QED) is 0.0914. The summed E-state index contributed by atoms with van der Waals surface area (Å²) in [5.41, 5.74) is 0.377. The summed E-state index contributed by atoms with van der Waals surface area (Å²) in [7, 11) is 3.11. The normalized spacial score (nSPS) is 17.4. The maximum Gasteiger partial charge on any atom is 0.425 e. The van der Waals surface area contributed by atoms with E-state index in [0.29, 0.717) is 27.6 Å². The van der Waals surface area contributed by atoms with Gasteiger partial charge in [-0.15, -0.1) is 0 Å². The zero-order valence-corrected chi connectivity index (χ0v) is 28.7. The summed E-state index contributed by atoms with van der Waals surface area (Å²) in [6.45, 7) is 1.50. The summed E-state index contributed by atoms with van der Waals surface area (Å²) < 4.78 is 76.5. The van der Waals surface area contributed by atoms with Crippen molar-refractivity contribution in [1.29, 1.82) is 0 Å². The Kier molecular flexibility index (Phi) is 10.1. The molecule has 2 atom stereocenters. The topological polar surface area (TPSA) is 52.9 Å². The van der Waals surface area contributed by atoms with Gasteiger partial charge in [0.1, 0.15) is 17.3 Å². The van der Waals surface area contributed by atoms with Crippen molar-refractivity contribution in [3.8, 4) is 23.3 Å². The van der Waals surface area contributed by atoms with Gasteiger partial charge in [-0.1, -0.05) is 78.0 Å². The first-order valence-electron chi connectivity index (χ1n) is 16.0. The third-order valence-electron chi connectivity index (χ3n) is 9.05. The number of methoxy groups -OCH3 is 2. The number of pyridine rings is 1. The van der Waals surface area contributed by atoms with Crippen LogP contribution >= 0.6 is 11.6 Å². The lowest BCUT2D eigenvalue weighted by Crippen LogP contribution is -2.46. The molecule has 6 rings (SSSR count). The highest BCUT2D eigenvalue weighted by atomic mass is 35.5. The van der Waals surface area contributed by atoms with Gasteiger partial charge >= 0.3 is 6.18 Å². The van der Waals surface area contributed by atoms with Crippen LogP contribution in [0.15, 0.2) is 121 Å². The van der Waals surface area contributed by atoms with Crippen molar-refractivity contribution in [2.75, 3.05) is 14.2 Å². The Bertz CT molecular complexity index is 2050. The summed E-state index contributed by atoms with van der Waals surface area (Å²) in [6, 6.07) is 29.8. The van der Waals surface area contributed by atoms with Crippen LogP contribution in [0.25, 0.3) is 0 Å². The molecular weight excluding hydrogens is 680 g/mol. The molecule has 0 spiro atoms. The van der Waals surface area contributed by atoms with Crippen LogP contribution in [0.5, 0.6) is 11.5 Å². The number of alkyl halides is 3. The van der Waals surface area contributed by atoms with Crippen LogP contribution in [0.2, 0.25) is 5.02 Å². The number of halogens is 5. The Morgan fingerprint density at radius 3 is 1.96 bits per heavy atom. The first-order chi connectivity index (χ1) is 24.4. The smallest absolute Gasteiger partial charge is 0.425 e. The van der Waals surface area contributed by atoms with E-state index in [2.05, 4.69) is 16.8 Å². The minimum atomic E-state index is -4.77. The van der Waals surface area contributed by atoms with E-state index in [4.69, 9.17) is 30.8 Å². The SMILES string of the molecule is COc1ccc(C(CC2=N[C@](C)(c3cc(C#Cc4cncc(Cl)c4)ccc3F)C[C@@H](C(F)(F)F)O2)(c2ccccc2)c2ccc(OC)cc2)cc1. The summed E-state index contributed by atoms with van der Waals surface area (Å²) in [4.78, 5) is 8.86. The van der Waals surface area contributed by atoms with Crippen molar-refractivity contribution >= 4 is 17.5 Å².